The summed E-state index contributed by atoms with van der Waals surface area (Å²) in [5.74, 6) is -0.0385. The molecule has 0 unspecified atom stereocenters. The number of fused-ring (bicyclic) bond motifs is 3. The van der Waals surface area contributed by atoms with Gasteiger partial charge in [0.1, 0.15) is 11.9 Å². The zero-order valence-electron chi connectivity index (χ0n) is 14.3. The fourth-order valence-corrected chi connectivity index (χ4v) is 3.12. The van der Waals surface area contributed by atoms with Crippen LogP contribution in [0, 0.1) is 5.82 Å². The van der Waals surface area contributed by atoms with E-state index in [2.05, 4.69) is 10.2 Å². The van der Waals surface area contributed by atoms with Crippen molar-refractivity contribution >= 4 is 29.7 Å². The van der Waals surface area contributed by atoms with E-state index in [0.29, 0.717) is 30.9 Å². The van der Waals surface area contributed by atoms with E-state index < -0.39 is 19.0 Å². The monoisotopic (exact) mass is 339 g/mol. The van der Waals surface area contributed by atoms with Crippen LogP contribution in [0.5, 0.6) is 5.75 Å². The molecule has 0 amide bonds. The van der Waals surface area contributed by atoms with Crippen LogP contribution in [0.25, 0.3) is 0 Å². The molecule has 1 fully saturated rings. The second kappa shape index (κ2) is 7.01. The molecule has 0 saturated carbocycles. The predicted octanol–water partition coefficient (Wildman–Crippen LogP) is 2.48. The van der Waals surface area contributed by atoms with Crippen LogP contribution in [0.3, 0.4) is 0 Å². The van der Waals surface area contributed by atoms with Crippen LogP contribution in [0.2, 0.25) is 5.02 Å². The van der Waals surface area contributed by atoms with Gasteiger partial charge in [0.15, 0.2) is 5.75 Å². The van der Waals surface area contributed by atoms with Crippen LogP contribution in [-0.2, 0) is 4.74 Å². The smallest absolute Gasteiger partial charge is 0.161 e. The minimum Gasteiger partial charge on any atom is -0.484 e. The lowest BCUT2D eigenvalue weighted by molar-refractivity contribution is 0.0746. The number of hydrogen-bond donors (Lipinski definition) is 1. The van der Waals surface area contributed by atoms with E-state index >= 15 is 0 Å². The van der Waals surface area contributed by atoms with E-state index in [1.54, 1.807) is 0 Å². The Morgan fingerprint density at radius 2 is 2.48 bits per heavy atom. The summed E-state index contributed by atoms with van der Waals surface area (Å²) in [4.78, 5) is 2.07. The molecule has 21 heavy (non-hydrogen) atoms. The number of nitrogens with one attached hydrogen (secondary N) is 1. The van der Waals surface area contributed by atoms with Crippen LogP contribution >= 0.6 is 24.0 Å². The molecule has 7 heteroatoms. The van der Waals surface area contributed by atoms with E-state index in [1.807, 2.05) is 0 Å². The normalized spacial score (nSPS) is 27.0. The molecule has 1 aromatic carbocycles. The van der Waals surface area contributed by atoms with Crippen LogP contribution in [0.15, 0.2) is 12.1 Å². The van der Waals surface area contributed by atoms with Gasteiger partial charge in [0, 0.05) is 45.2 Å². The lowest BCUT2D eigenvalue weighted by atomic mass is 10.1. The van der Waals surface area contributed by atoms with Crippen molar-refractivity contribution < 1.29 is 18.0 Å². The molecule has 2 aliphatic rings. The Bertz CT molecular complexity index is 592. The van der Waals surface area contributed by atoms with Crippen molar-refractivity contribution in [3.8, 4) is 5.75 Å². The summed E-state index contributed by atoms with van der Waals surface area (Å²) >= 11 is 6.15. The third kappa shape index (κ3) is 3.37. The number of hydrogen-bond acceptors (Lipinski definition) is 4. The number of ether oxygens (including phenoxy) is 2. The number of nitrogens with zero attached hydrogens (tertiary/aromatic N) is 1. The van der Waals surface area contributed by atoms with Gasteiger partial charge in [0.05, 0.1) is 21.4 Å². The maximum atomic E-state index is 13.8. The van der Waals surface area contributed by atoms with Gasteiger partial charge in [0.2, 0.25) is 0 Å². The topological polar surface area (TPSA) is 33.7 Å². The Morgan fingerprint density at radius 1 is 1.62 bits per heavy atom. The minimum atomic E-state index is -2.48. The first-order chi connectivity index (χ1) is 10.8. The van der Waals surface area contributed by atoms with Crippen molar-refractivity contribution in [1.82, 2.24) is 5.32 Å². The SMILES string of the molecule is Cl.[2H]C([2H])([2H])OC[C@@H]1C[C@@H]2CNCCN2c2cc(F)cc(Cl)c2O1. The first-order valence-corrected chi connectivity index (χ1v) is 6.98. The Morgan fingerprint density at radius 3 is 3.29 bits per heavy atom. The molecule has 0 aliphatic carbocycles. The molecule has 1 aromatic rings. The van der Waals surface area contributed by atoms with E-state index in [0.717, 1.165) is 6.54 Å². The van der Waals surface area contributed by atoms with Gasteiger partial charge in [-0.25, -0.2) is 4.39 Å². The molecule has 2 heterocycles. The average molecular weight is 340 g/mol. The summed E-state index contributed by atoms with van der Waals surface area (Å²) in [5, 5.41) is 3.47. The fraction of sp³-hybridized carbons (Fsp3) is 0.571. The summed E-state index contributed by atoms with van der Waals surface area (Å²) < 4.78 is 46.0. The molecule has 0 aromatic heterocycles. The van der Waals surface area contributed by atoms with Crippen molar-refractivity contribution in [1.29, 1.82) is 0 Å². The van der Waals surface area contributed by atoms with E-state index in [-0.39, 0.29) is 30.1 Å². The molecule has 0 bridgehead atoms. The molecular weight excluding hydrogens is 318 g/mol. The minimum absolute atomic E-state index is 0. The molecule has 1 saturated heterocycles. The second-order valence-corrected chi connectivity index (χ2v) is 5.48. The molecule has 1 N–H and O–H groups in total. The highest BCUT2D eigenvalue weighted by Gasteiger charge is 2.33. The number of piperazine rings is 1. The zero-order valence-corrected chi connectivity index (χ0v) is 12.8. The van der Waals surface area contributed by atoms with Crippen LogP contribution < -0.4 is 15.0 Å². The standard InChI is InChI=1S/C14H18ClFN2O2.ClH/c1-19-8-11-6-10-7-17-2-3-18(10)13-5-9(16)4-12(15)14(13)20-11;/h4-5,10-11,17H,2-3,6-8H2,1H3;1H/t10-,11+;/m1./s1/i1D3;. The van der Waals surface area contributed by atoms with Gasteiger partial charge in [-0.05, 0) is 6.07 Å². The number of benzene rings is 1. The van der Waals surface area contributed by atoms with Gasteiger partial charge in [-0.2, -0.15) is 0 Å². The highest BCUT2D eigenvalue weighted by molar-refractivity contribution is 6.32. The number of rotatable bonds is 2. The summed E-state index contributed by atoms with van der Waals surface area (Å²) in [6.07, 6.45) is 0.0995. The Balaban J connectivity index is 0.00000208. The first kappa shape index (κ1) is 12.8. The first-order valence-electron chi connectivity index (χ1n) is 8.10. The number of anilines is 1. The predicted molar refractivity (Wildman–Crippen MR) is 83.6 cm³/mol. The molecule has 2 aliphatic heterocycles. The Hall–Kier alpha value is -0.750. The highest BCUT2D eigenvalue weighted by atomic mass is 35.5. The molecule has 118 valence electrons. The van der Waals surface area contributed by atoms with Crippen LogP contribution in [-0.4, -0.2) is 45.4 Å². The van der Waals surface area contributed by atoms with E-state index in [1.165, 1.54) is 12.1 Å². The Kier molecular flexibility index (Phi) is 4.26. The number of halogens is 3. The maximum Gasteiger partial charge on any atom is 0.161 e. The lowest BCUT2D eigenvalue weighted by Crippen LogP contribution is -2.52. The summed E-state index contributed by atoms with van der Waals surface area (Å²) in [6, 6.07) is 2.67. The second-order valence-electron chi connectivity index (χ2n) is 5.07. The average Bonchev–Trinajstić information content (AvgIpc) is 2.62. The molecule has 0 radical (unpaired) electrons. The van der Waals surface area contributed by atoms with Crippen molar-refractivity contribution in [2.45, 2.75) is 18.6 Å². The summed E-state index contributed by atoms with van der Waals surface area (Å²) in [7, 11) is -2.48. The summed E-state index contributed by atoms with van der Waals surface area (Å²) in [6.45, 7) is 2.11. The van der Waals surface area contributed by atoms with Gasteiger partial charge in [-0.15, -0.1) is 12.4 Å². The molecule has 4 nitrogen and oxygen atoms in total. The van der Waals surface area contributed by atoms with Crippen molar-refractivity contribution in [2.75, 3.05) is 38.2 Å². The Labute approximate surface area is 139 Å². The summed E-state index contributed by atoms with van der Waals surface area (Å²) in [5.41, 5.74) is 0.609. The van der Waals surface area contributed by atoms with Crippen molar-refractivity contribution in [3.63, 3.8) is 0 Å². The molecule has 0 spiro atoms. The fourth-order valence-electron chi connectivity index (χ4n) is 2.88. The third-order valence-corrected chi connectivity index (χ3v) is 4.02. The van der Waals surface area contributed by atoms with E-state index in [4.69, 9.17) is 25.2 Å². The van der Waals surface area contributed by atoms with E-state index in [9.17, 15) is 4.39 Å². The van der Waals surface area contributed by atoms with Crippen molar-refractivity contribution in [3.05, 3.63) is 23.0 Å². The largest absolute Gasteiger partial charge is 0.484 e. The van der Waals surface area contributed by atoms with Gasteiger partial charge in [0.25, 0.3) is 0 Å². The lowest BCUT2D eigenvalue weighted by Gasteiger charge is -2.37. The molecular formula is C14H19Cl2FN2O2. The maximum absolute atomic E-state index is 13.8. The van der Waals surface area contributed by atoms with Gasteiger partial charge >= 0.3 is 0 Å². The van der Waals surface area contributed by atoms with Crippen molar-refractivity contribution in [2.24, 2.45) is 0 Å². The van der Waals surface area contributed by atoms with Gasteiger partial charge < -0.3 is 19.7 Å². The molecule has 3 rings (SSSR count). The van der Waals surface area contributed by atoms with Gasteiger partial charge in [-0.1, -0.05) is 11.6 Å². The zero-order chi connectivity index (χ0) is 16.6. The van der Waals surface area contributed by atoms with Crippen LogP contribution in [0.1, 0.15) is 10.5 Å². The van der Waals surface area contributed by atoms with Gasteiger partial charge in [-0.3, -0.25) is 0 Å². The third-order valence-electron chi connectivity index (χ3n) is 3.74. The van der Waals surface area contributed by atoms with Crippen LogP contribution in [0.4, 0.5) is 10.1 Å². The molecule has 2 atom stereocenters. The quantitative estimate of drug-likeness (QED) is 0.897. The highest BCUT2D eigenvalue weighted by Crippen LogP contribution is 2.41. The number of methoxy groups -OCH3 is 1.